The van der Waals surface area contributed by atoms with Gasteiger partial charge in [0.25, 0.3) is 0 Å². The largest absolute Gasteiger partial charge is 0.497 e. The summed E-state index contributed by atoms with van der Waals surface area (Å²) in [6.07, 6.45) is 1.87. The Morgan fingerprint density at radius 1 is 1.06 bits per heavy atom. The molecule has 0 amide bonds. The fraction of sp³-hybridized carbons (Fsp3) is 0.0714. The second kappa shape index (κ2) is 3.94. The van der Waals surface area contributed by atoms with Gasteiger partial charge < -0.3 is 4.74 Å². The number of nitrogens with zero attached hydrogens (tertiary/aromatic N) is 2. The van der Waals surface area contributed by atoms with E-state index >= 15 is 0 Å². The fourth-order valence-electron chi connectivity index (χ4n) is 1.92. The molecule has 0 saturated heterocycles. The number of hydrogen-bond donors (Lipinski definition) is 0. The molecule has 3 aromatic rings. The zero-order chi connectivity index (χ0) is 11.7. The van der Waals surface area contributed by atoms with Crippen LogP contribution in [-0.4, -0.2) is 16.9 Å². The van der Waals surface area contributed by atoms with Crippen LogP contribution in [0.3, 0.4) is 0 Å². The summed E-state index contributed by atoms with van der Waals surface area (Å²) in [4.78, 5) is 0. The van der Waals surface area contributed by atoms with Crippen molar-refractivity contribution in [3.8, 4) is 11.4 Å². The predicted octanol–water partition coefficient (Wildman–Crippen LogP) is 3.03. The maximum Gasteiger partial charge on any atom is 0.121 e. The molecule has 0 fully saturated rings. The normalized spacial score (nSPS) is 10.6. The van der Waals surface area contributed by atoms with Gasteiger partial charge in [-0.2, -0.15) is 5.10 Å². The van der Waals surface area contributed by atoms with E-state index in [9.17, 15) is 0 Å². The Hall–Kier alpha value is -2.29. The van der Waals surface area contributed by atoms with Crippen LogP contribution >= 0.6 is 0 Å². The maximum atomic E-state index is 5.22. The number of benzene rings is 2. The van der Waals surface area contributed by atoms with Crippen molar-refractivity contribution in [1.29, 1.82) is 0 Å². The van der Waals surface area contributed by atoms with Crippen LogP contribution in [0.15, 0.2) is 54.7 Å². The van der Waals surface area contributed by atoms with E-state index in [0.29, 0.717) is 0 Å². The first-order valence-electron chi connectivity index (χ1n) is 5.46. The van der Waals surface area contributed by atoms with Gasteiger partial charge in [-0.05, 0) is 18.2 Å². The number of ether oxygens (including phenoxy) is 1. The molecular weight excluding hydrogens is 212 g/mol. The molecule has 0 aliphatic carbocycles. The molecule has 17 heavy (non-hydrogen) atoms. The van der Waals surface area contributed by atoms with Gasteiger partial charge in [0.15, 0.2) is 0 Å². The number of methoxy groups -OCH3 is 1. The highest BCUT2D eigenvalue weighted by atomic mass is 16.5. The summed E-state index contributed by atoms with van der Waals surface area (Å²) in [6.45, 7) is 0. The van der Waals surface area contributed by atoms with Crippen molar-refractivity contribution in [2.75, 3.05) is 7.11 Å². The molecule has 0 saturated carbocycles. The molecule has 0 aliphatic rings. The average molecular weight is 224 g/mol. The summed E-state index contributed by atoms with van der Waals surface area (Å²) in [5.74, 6) is 0.835. The Morgan fingerprint density at radius 2 is 1.94 bits per heavy atom. The van der Waals surface area contributed by atoms with Crippen LogP contribution in [0.1, 0.15) is 0 Å². The second-order valence-corrected chi connectivity index (χ2v) is 3.82. The van der Waals surface area contributed by atoms with E-state index in [2.05, 4.69) is 17.2 Å². The van der Waals surface area contributed by atoms with E-state index in [1.165, 1.54) is 0 Å². The van der Waals surface area contributed by atoms with Crippen LogP contribution in [-0.2, 0) is 0 Å². The van der Waals surface area contributed by atoms with Gasteiger partial charge in [-0.3, -0.25) is 0 Å². The molecule has 0 N–H and O–H groups in total. The highest BCUT2D eigenvalue weighted by molar-refractivity contribution is 5.80. The number of rotatable bonds is 2. The number of para-hydroxylation sites is 1. The molecule has 0 unspecified atom stereocenters. The lowest BCUT2D eigenvalue weighted by Gasteiger charge is -2.05. The molecule has 0 bridgehead atoms. The summed E-state index contributed by atoms with van der Waals surface area (Å²) >= 11 is 0. The lowest BCUT2D eigenvalue weighted by molar-refractivity contribution is 0.414. The molecule has 1 aromatic heterocycles. The molecule has 3 nitrogen and oxygen atoms in total. The summed E-state index contributed by atoms with van der Waals surface area (Å²) in [6, 6.07) is 16.0. The van der Waals surface area contributed by atoms with Gasteiger partial charge in [0.1, 0.15) is 5.75 Å². The van der Waals surface area contributed by atoms with Gasteiger partial charge in [0.2, 0.25) is 0 Å². The van der Waals surface area contributed by atoms with Crippen molar-refractivity contribution in [3.63, 3.8) is 0 Å². The smallest absolute Gasteiger partial charge is 0.121 e. The van der Waals surface area contributed by atoms with Gasteiger partial charge in [-0.25, -0.2) is 4.68 Å². The van der Waals surface area contributed by atoms with Crippen molar-refractivity contribution in [1.82, 2.24) is 9.78 Å². The molecule has 1 heterocycles. The molecular formula is C14H12N2O. The van der Waals surface area contributed by atoms with Gasteiger partial charge in [0.05, 0.1) is 24.5 Å². The lowest BCUT2D eigenvalue weighted by Crippen LogP contribution is -1.96. The quantitative estimate of drug-likeness (QED) is 0.669. The second-order valence-electron chi connectivity index (χ2n) is 3.82. The van der Waals surface area contributed by atoms with Gasteiger partial charge in [-0.1, -0.05) is 24.3 Å². The fourth-order valence-corrected chi connectivity index (χ4v) is 1.92. The summed E-state index contributed by atoms with van der Waals surface area (Å²) in [7, 11) is 1.67. The topological polar surface area (TPSA) is 27.1 Å². The minimum Gasteiger partial charge on any atom is -0.497 e. The van der Waals surface area contributed by atoms with Gasteiger partial charge >= 0.3 is 0 Å². The van der Waals surface area contributed by atoms with Crippen molar-refractivity contribution >= 4 is 10.9 Å². The third kappa shape index (κ3) is 1.65. The zero-order valence-corrected chi connectivity index (χ0v) is 9.50. The first kappa shape index (κ1) is 9.90. The third-order valence-corrected chi connectivity index (χ3v) is 2.78. The molecule has 84 valence electrons. The van der Waals surface area contributed by atoms with E-state index < -0.39 is 0 Å². The first-order valence-corrected chi connectivity index (χ1v) is 5.46. The predicted molar refractivity (Wildman–Crippen MR) is 67.6 cm³/mol. The van der Waals surface area contributed by atoms with E-state index in [4.69, 9.17) is 4.74 Å². The van der Waals surface area contributed by atoms with Crippen molar-refractivity contribution < 1.29 is 4.74 Å². The molecule has 0 aliphatic heterocycles. The van der Waals surface area contributed by atoms with E-state index in [1.807, 2.05) is 47.3 Å². The van der Waals surface area contributed by atoms with Crippen LogP contribution < -0.4 is 4.74 Å². The van der Waals surface area contributed by atoms with Crippen LogP contribution in [0.25, 0.3) is 16.6 Å². The van der Waals surface area contributed by atoms with Crippen molar-refractivity contribution in [3.05, 3.63) is 54.7 Å². The van der Waals surface area contributed by atoms with Crippen LogP contribution in [0.5, 0.6) is 5.75 Å². The van der Waals surface area contributed by atoms with E-state index in [-0.39, 0.29) is 0 Å². The Kier molecular flexibility index (Phi) is 2.29. The molecule has 3 rings (SSSR count). The van der Waals surface area contributed by atoms with Gasteiger partial charge in [0, 0.05) is 11.5 Å². The third-order valence-electron chi connectivity index (χ3n) is 2.78. The highest BCUT2D eigenvalue weighted by Gasteiger charge is 2.04. The number of aromatic nitrogens is 2. The summed E-state index contributed by atoms with van der Waals surface area (Å²) < 4.78 is 7.14. The highest BCUT2D eigenvalue weighted by Crippen LogP contribution is 2.20. The lowest BCUT2D eigenvalue weighted by atomic mass is 10.2. The van der Waals surface area contributed by atoms with Crippen molar-refractivity contribution in [2.45, 2.75) is 0 Å². The number of hydrogen-bond acceptors (Lipinski definition) is 2. The standard InChI is InChI=1S/C14H12N2O/c1-17-13-7-4-6-12(9-13)16-14-8-3-2-5-11(14)10-15-16/h2-10H,1H3. The van der Waals surface area contributed by atoms with Crippen LogP contribution in [0.2, 0.25) is 0 Å². The Bertz CT molecular complexity index is 658. The zero-order valence-electron chi connectivity index (χ0n) is 9.50. The monoisotopic (exact) mass is 224 g/mol. The molecule has 0 spiro atoms. The van der Waals surface area contributed by atoms with Crippen LogP contribution in [0.4, 0.5) is 0 Å². The van der Waals surface area contributed by atoms with E-state index in [0.717, 1.165) is 22.3 Å². The minimum atomic E-state index is 0.835. The average Bonchev–Trinajstić information content (AvgIpc) is 2.82. The number of fused-ring (bicyclic) bond motifs is 1. The molecule has 0 radical (unpaired) electrons. The Morgan fingerprint density at radius 3 is 2.82 bits per heavy atom. The molecule has 3 heteroatoms. The van der Waals surface area contributed by atoms with Crippen molar-refractivity contribution in [2.24, 2.45) is 0 Å². The minimum absolute atomic E-state index is 0.835. The summed E-state index contributed by atoms with van der Waals surface area (Å²) in [5.41, 5.74) is 2.10. The Balaban J connectivity index is 2.20. The Labute approximate surface area is 99.3 Å². The van der Waals surface area contributed by atoms with Crippen LogP contribution in [0, 0.1) is 0 Å². The molecule has 2 aromatic carbocycles. The first-order chi connectivity index (χ1) is 8.38. The van der Waals surface area contributed by atoms with Gasteiger partial charge in [-0.15, -0.1) is 0 Å². The van der Waals surface area contributed by atoms with E-state index in [1.54, 1.807) is 7.11 Å². The molecule has 0 atom stereocenters. The maximum absolute atomic E-state index is 5.22. The summed E-state index contributed by atoms with van der Waals surface area (Å²) in [5, 5.41) is 5.54. The SMILES string of the molecule is COc1cccc(-n2ncc3ccccc32)c1.